The van der Waals surface area contributed by atoms with Gasteiger partial charge in [-0.1, -0.05) is 35.3 Å². The topological polar surface area (TPSA) is 111 Å². The van der Waals surface area contributed by atoms with Crippen LogP contribution in [0, 0.1) is 0 Å². The number of benzene rings is 2. The molecule has 0 aliphatic carbocycles. The second-order valence-corrected chi connectivity index (χ2v) is 7.06. The van der Waals surface area contributed by atoms with Crippen molar-refractivity contribution in [3.05, 3.63) is 64.4 Å². The van der Waals surface area contributed by atoms with Crippen LogP contribution in [-0.2, 0) is 16.0 Å². The summed E-state index contributed by atoms with van der Waals surface area (Å²) in [6.07, 6.45) is 2.24. The predicted molar refractivity (Wildman–Crippen MR) is 110 cm³/mol. The molecule has 156 valence electrons. The molecule has 3 rings (SSSR count). The van der Waals surface area contributed by atoms with E-state index in [2.05, 4.69) is 26.4 Å². The molecule has 2 N–H and O–H groups in total. The van der Waals surface area contributed by atoms with E-state index in [1.165, 1.54) is 11.0 Å². The van der Waals surface area contributed by atoms with Gasteiger partial charge in [0.1, 0.15) is 12.1 Å². The van der Waals surface area contributed by atoms with E-state index in [4.69, 9.17) is 27.9 Å². The third kappa shape index (κ3) is 6.43. The number of nitrogens with zero attached hydrogens (tertiary/aromatic N) is 4. The van der Waals surface area contributed by atoms with Crippen molar-refractivity contribution in [1.82, 2.24) is 31.1 Å². The number of nitrogens with one attached hydrogen (secondary N) is 2. The minimum absolute atomic E-state index is 0.119. The van der Waals surface area contributed by atoms with Gasteiger partial charge in [-0.25, -0.2) is 4.68 Å². The van der Waals surface area contributed by atoms with Crippen molar-refractivity contribution in [3.63, 3.8) is 0 Å². The molecule has 0 unspecified atom stereocenters. The summed E-state index contributed by atoms with van der Waals surface area (Å²) in [4.78, 5) is 23.8. The molecule has 2 amide bonds. The van der Waals surface area contributed by atoms with Crippen LogP contribution in [-0.4, -0.2) is 38.6 Å². The van der Waals surface area contributed by atoms with Crippen molar-refractivity contribution in [2.45, 2.75) is 19.3 Å². The van der Waals surface area contributed by atoms with Crippen LogP contribution < -0.4 is 15.6 Å². The maximum Gasteiger partial charge on any atom is 0.242 e. The van der Waals surface area contributed by atoms with Gasteiger partial charge in [-0.2, -0.15) is 0 Å². The summed E-state index contributed by atoms with van der Waals surface area (Å²) < 4.78 is 7.02. The van der Waals surface area contributed by atoms with E-state index in [9.17, 15) is 9.59 Å². The molecule has 0 aliphatic heterocycles. The molecule has 0 radical (unpaired) electrons. The number of rotatable bonds is 8. The fourth-order valence-corrected chi connectivity index (χ4v) is 2.95. The van der Waals surface area contributed by atoms with Gasteiger partial charge in [0.15, 0.2) is 0 Å². The molecule has 2 aromatic carbocycles. The molecule has 3 aromatic rings. The number of amides is 2. The Hall–Kier alpha value is -3.17. The van der Waals surface area contributed by atoms with Crippen molar-refractivity contribution in [1.29, 1.82) is 0 Å². The van der Waals surface area contributed by atoms with Crippen LogP contribution in [0.2, 0.25) is 10.0 Å². The smallest absolute Gasteiger partial charge is 0.242 e. The predicted octanol–water partition coefficient (Wildman–Crippen LogP) is 2.52. The Balaban J connectivity index is 1.33. The standard InChI is InChI=1S/C19H18Cl2N6O3/c20-14-5-8-17(16(21)11-14)30-9-1-2-18(28)23-24-19(29)10-13-3-6-15(7-4-13)27-12-22-25-26-27/h3-8,11-12H,1-2,9-10H2,(H,23,28)(H,24,29). The zero-order valence-electron chi connectivity index (χ0n) is 15.7. The van der Waals surface area contributed by atoms with Gasteiger partial charge in [0.2, 0.25) is 11.8 Å². The van der Waals surface area contributed by atoms with Crippen LogP contribution in [0.15, 0.2) is 48.8 Å². The molecular formula is C19H18Cl2N6O3. The molecule has 0 fully saturated rings. The minimum Gasteiger partial charge on any atom is -0.492 e. The number of hydrogen-bond donors (Lipinski definition) is 2. The van der Waals surface area contributed by atoms with Gasteiger partial charge >= 0.3 is 0 Å². The van der Waals surface area contributed by atoms with Crippen molar-refractivity contribution < 1.29 is 14.3 Å². The third-order valence-electron chi connectivity index (χ3n) is 3.96. The van der Waals surface area contributed by atoms with Crippen LogP contribution in [0.1, 0.15) is 18.4 Å². The Bertz CT molecular complexity index is 996. The normalized spacial score (nSPS) is 10.5. The number of carbonyl (C=O) groups is 2. The first-order valence-electron chi connectivity index (χ1n) is 8.99. The molecule has 0 saturated carbocycles. The van der Waals surface area contributed by atoms with E-state index in [1.54, 1.807) is 42.5 Å². The lowest BCUT2D eigenvalue weighted by Crippen LogP contribution is -2.42. The van der Waals surface area contributed by atoms with Gasteiger partial charge in [0, 0.05) is 11.4 Å². The van der Waals surface area contributed by atoms with E-state index >= 15 is 0 Å². The second-order valence-electron chi connectivity index (χ2n) is 6.22. The Morgan fingerprint density at radius 1 is 1.03 bits per heavy atom. The molecule has 0 bridgehead atoms. The zero-order chi connectivity index (χ0) is 21.3. The Kier molecular flexibility index (Phi) is 7.58. The summed E-state index contributed by atoms with van der Waals surface area (Å²) in [5.41, 5.74) is 6.34. The number of carbonyl (C=O) groups excluding carboxylic acids is 2. The number of tetrazole rings is 1. The van der Waals surface area contributed by atoms with E-state index in [-0.39, 0.29) is 24.7 Å². The van der Waals surface area contributed by atoms with Gasteiger partial charge < -0.3 is 4.74 Å². The van der Waals surface area contributed by atoms with Crippen molar-refractivity contribution >= 4 is 35.0 Å². The van der Waals surface area contributed by atoms with Crippen molar-refractivity contribution in [2.75, 3.05) is 6.61 Å². The van der Waals surface area contributed by atoms with Crippen molar-refractivity contribution in [3.8, 4) is 11.4 Å². The average molecular weight is 449 g/mol. The highest BCUT2D eigenvalue weighted by Crippen LogP contribution is 2.27. The van der Waals surface area contributed by atoms with Gasteiger partial charge in [0.05, 0.1) is 23.7 Å². The first kappa shape index (κ1) is 21.5. The third-order valence-corrected chi connectivity index (χ3v) is 4.49. The Morgan fingerprint density at radius 3 is 2.50 bits per heavy atom. The molecule has 11 heteroatoms. The fraction of sp³-hybridized carbons (Fsp3) is 0.211. The van der Waals surface area contributed by atoms with E-state index in [1.807, 2.05) is 0 Å². The monoisotopic (exact) mass is 448 g/mol. The summed E-state index contributed by atoms with van der Waals surface area (Å²) >= 11 is 11.8. The van der Waals surface area contributed by atoms with Gasteiger partial charge in [-0.15, -0.1) is 5.10 Å². The highest BCUT2D eigenvalue weighted by atomic mass is 35.5. The number of ether oxygens (including phenoxy) is 1. The first-order valence-corrected chi connectivity index (χ1v) is 9.75. The summed E-state index contributed by atoms with van der Waals surface area (Å²) in [7, 11) is 0. The average Bonchev–Trinajstić information content (AvgIpc) is 3.26. The van der Waals surface area contributed by atoms with E-state index in [0.717, 1.165) is 11.3 Å². The highest BCUT2D eigenvalue weighted by molar-refractivity contribution is 6.35. The molecule has 9 nitrogen and oxygen atoms in total. The lowest BCUT2D eigenvalue weighted by atomic mass is 10.1. The quantitative estimate of drug-likeness (QED) is 0.404. The highest BCUT2D eigenvalue weighted by Gasteiger charge is 2.08. The minimum atomic E-state index is -0.331. The Morgan fingerprint density at radius 2 is 1.80 bits per heavy atom. The van der Waals surface area contributed by atoms with Gasteiger partial charge in [0.25, 0.3) is 0 Å². The van der Waals surface area contributed by atoms with Gasteiger partial charge in [-0.3, -0.25) is 20.4 Å². The molecule has 0 saturated heterocycles. The molecule has 0 atom stereocenters. The lowest BCUT2D eigenvalue weighted by Gasteiger charge is -2.09. The Labute approximate surface area is 182 Å². The van der Waals surface area contributed by atoms with Crippen LogP contribution in [0.5, 0.6) is 5.75 Å². The van der Waals surface area contributed by atoms with Crippen LogP contribution in [0.3, 0.4) is 0 Å². The number of aromatic nitrogens is 4. The molecular weight excluding hydrogens is 431 g/mol. The fourth-order valence-electron chi connectivity index (χ4n) is 2.48. The SMILES string of the molecule is O=C(CCCOc1ccc(Cl)cc1Cl)NNC(=O)Cc1ccc(-n2cnnn2)cc1. The summed E-state index contributed by atoms with van der Waals surface area (Å²) in [5.74, 6) is -0.146. The maximum absolute atomic E-state index is 12.0. The van der Waals surface area contributed by atoms with E-state index < -0.39 is 0 Å². The first-order chi connectivity index (χ1) is 14.5. The molecule has 30 heavy (non-hydrogen) atoms. The molecule has 0 aliphatic rings. The summed E-state index contributed by atoms with van der Waals surface area (Å²) in [6.45, 7) is 0.302. The molecule has 1 heterocycles. The maximum atomic E-state index is 12.0. The summed E-state index contributed by atoms with van der Waals surface area (Å²) in [5, 5.41) is 11.9. The largest absolute Gasteiger partial charge is 0.492 e. The summed E-state index contributed by atoms with van der Waals surface area (Å²) in [6, 6.07) is 12.1. The molecule has 1 aromatic heterocycles. The van der Waals surface area contributed by atoms with Crippen molar-refractivity contribution in [2.24, 2.45) is 0 Å². The van der Waals surface area contributed by atoms with Gasteiger partial charge in [-0.05, 0) is 52.7 Å². The van der Waals surface area contributed by atoms with E-state index in [0.29, 0.717) is 28.8 Å². The van der Waals surface area contributed by atoms with Crippen LogP contribution >= 0.6 is 23.2 Å². The number of hydrogen-bond acceptors (Lipinski definition) is 6. The number of hydrazine groups is 1. The van der Waals surface area contributed by atoms with Crippen LogP contribution in [0.4, 0.5) is 0 Å². The molecule has 0 spiro atoms. The number of halogens is 2. The second kappa shape index (κ2) is 10.6. The van der Waals surface area contributed by atoms with Crippen LogP contribution in [0.25, 0.3) is 5.69 Å². The zero-order valence-corrected chi connectivity index (χ0v) is 17.2. The lowest BCUT2D eigenvalue weighted by molar-refractivity contribution is -0.128.